The number of carbonyl (C=O) groups is 2. The number of hydrogen-bond acceptors (Lipinski definition) is 3. The van der Waals surface area contributed by atoms with Gasteiger partial charge < -0.3 is 15.1 Å². The fraction of sp³-hybridized carbons (Fsp3) is 0.579. The molecular weight excluding hydrogens is 302 g/mol. The number of likely N-dealkylation sites (tertiary alicyclic amines) is 1. The van der Waals surface area contributed by atoms with Gasteiger partial charge in [0.1, 0.15) is 0 Å². The second-order valence-corrected chi connectivity index (χ2v) is 6.75. The van der Waals surface area contributed by atoms with Crippen LogP contribution in [0.5, 0.6) is 0 Å². The number of carbonyl (C=O) groups excluding carboxylic acids is 2. The molecule has 2 aliphatic rings. The number of benzene rings is 1. The van der Waals surface area contributed by atoms with E-state index >= 15 is 0 Å². The van der Waals surface area contributed by atoms with Crippen LogP contribution in [0, 0.1) is 0 Å². The summed E-state index contributed by atoms with van der Waals surface area (Å²) in [6.07, 6.45) is 4.85. The van der Waals surface area contributed by atoms with Crippen LogP contribution in [0.3, 0.4) is 0 Å². The SMILES string of the molecule is O=C(CC1NCCN(Cc2ccccc2)C1=O)N1CCCCCC1. The van der Waals surface area contributed by atoms with Gasteiger partial charge in [0.05, 0.1) is 12.5 Å². The van der Waals surface area contributed by atoms with E-state index < -0.39 is 0 Å². The molecule has 0 aromatic heterocycles. The Bertz CT molecular complexity index is 553. The van der Waals surface area contributed by atoms with Gasteiger partial charge in [0.25, 0.3) is 0 Å². The second kappa shape index (κ2) is 8.29. The summed E-state index contributed by atoms with van der Waals surface area (Å²) >= 11 is 0. The minimum absolute atomic E-state index is 0.0493. The fourth-order valence-electron chi connectivity index (χ4n) is 3.54. The number of hydrogen-bond donors (Lipinski definition) is 1. The van der Waals surface area contributed by atoms with Crippen molar-refractivity contribution in [3.05, 3.63) is 35.9 Å². The van der Waals surface area contributed by atoms with E-state index in [0.29, 0.717) is 13.1 Å². The van der Waals surface area contributed by atoms with E-state index in [1.807, 2.05) is 40.1 Å². The van der Waals surface area contributed by atoms with E-state index in [1.54, 1.807) is 0 Å². The van der Waals surface area contributed by atoms with Crippen molar-refractivity contribution in [3.63, 3.8) is 0 Å². The first-order chi connectivity index (χ1) is 11.7. The lowest BCUT2D eigenvalue weighted by atomic mass is 10.1. The highest BCUT2D eigenvalue weighted by molar-refractivity contribution is 5.89. The summed E-state index contributed by atoms with van der Waals surface area (Å²) in [6.45, 7) is 3.75. The lowest BCUT2D eigenvalue weighted by Crippen LogP contribution is -2.56. The number of nitrogens with zero attached hydrogens (tertiary/aromatic N) is 2. The van der Waals surface area contributed by atoms with Gasteiger partial charge in [0.2, 0.25) is 11.8 Å². The number of nitrogens with one attached hydrogen (secondary N) is 1. The zero-order valence-electron chi connectivity index (χ0n) is 14.2. The van der Waals surface area contributed by atoms with Crippen LogP contribution in [0.2, 0.25) is 0 Å². The third-order valence-corrected chi connectivity index (χ3v) is 4.94. The molecule has 0 bridgehead atoms. The second-order valence-electron chi connectivity index (χ2n) is 6.75. The molecule has 2 heterocycles. The van der Waals surface area contributed by atoms with Gasteiger partial charge in [0, 0.05) is 32.7 Å². The van der Waals surface area contributed by atoms with Crippen LogP contribution in [0.1, 0.15) is 37.7 Å². The fourth-order valence-corrected chi connectivity index (χ4v) is 3.54. The van der Waals surface area contributed by atoms with Gasteiger partial charge in [-0.3, -0.25) is 9.59 Å². The van der Waals surface area contributed by atoms with Crippen LogP contribution in [-0.4, -0.2) is 53.8 Å². The first-order valence-corrected chi connectivity index (χ1v) is 9.08. The van der Waals surface area contributed by atoms with Crippen molar-refractivity contribution in [2.45, 2.75) is 44.7 Å². The van der Waals surface area contributed by atoms with Gasteiger partial charge in [-0.25, -0.2) is 0 Å². The molecule has 2 amide bonds. The first-order valence-electron chi connectivity index (χ1n) is 9.08. The highest BCUT2D eigenvalue weighted by atomic mass is 16.2. The molecule has 1 atom stereocenters. The molecule has 24 heavy (non-hydrogen) atoms. The van der Waals surface area contributed by atoms with Crippen LogP contribution >= 0.6 is 0 Å². The largest absolute Gasteiger partial charge is 0.343 e. The van der Waals surface area contributed by atoms with Crippen LogP contribution in [-0.2, 0) is 16.1 Å². The minimum atomic E-state index is -0.377. The maximum atomic E-state index is 12.7. The quantitative estimate of drug-likeness (QED) is 0.916. The predicted molar refractivity (Wildman–Crippen MR) is 93.3 cm³/mol. The molecule has 0 radical (unpaired) electrons. The van der Waals surface area contributed by atoms with Crippen molar-refractivity contribution in [1.29, 1.82) is 0 Å². The zero-order valence-corrected chi connectivity index (χ0v) is 14.2. The maximum absolute atomic E-state index is 12.7. The third-order valence-electron chi connectivity index (χ3n) is 4.94. The highest BCUT2D eigenvalue weighted by Gasteiger charge is 2.31. The molecule has 1 unspecified atom stereocenters. The average Bonchev–Trinajstić information content (AvgIpc) is 2.89. The molecule has 0 aliphatic carbocycles. The van der Waals surface area contributed by atoms with Crippen molar-refractivity contribution in [2.75, 3.05) is 26.2 Å². The van der Waals surface area contributed by atoms with Crippen molar-refractivity contribution in [3.8, 4) is 0 Å². The summed E-state index contributed by atoms with van der Waals surface area (Å²) in [6, 6.07) is 9.65. The normalized spacial score (nSPS) is 22.3. The van der Waals surface area contributed by atoms with Crippen molar-refractivity contribution in [1.82, 2.24) is 15.1 Å². The Hall–Kier alpha value is -1.88. The van der Waals surface area contributed by atoms with Crippen molar-refractivity contribution in [2.24, 2.45) is 0 Å². The Balaban J connectivity index is 1.57. The Morgan fingerprint density at radius 1 is 1.04 bits per heavy atom. The van der Waals surface area contributed by atoms with Gasteiger partial charge in [-0.15, -0.1) is 0 Å². The number of rotatable bonds is 4. The van der Waals surface area contributed by atoms with Crippen LogP contribution in [0.25, 0.3) is 0 Å². The Labute approximate surface area is 144 Å². The number of piperazine rings is 1. The molecule has 2 fully saturated rings. The maximum Gasteiger partial charge on any atom is 0.240 e. The molecule has 1 aromatic carbocycles. The van der Waals surface area contributed by atoms with Gasteiger partial charge in [-0.2, -0.15) is 0 Å². The van der Waals surface area contributed by atoms with E-state index in [0.717, 1.165) is 38.0 Å². The molecule has 3 rings (SSSR count). The van der Waals surface area contributed by atoms with E-state index in [2.05, 4.69) is 5.32 Å². The third kappa shape index (κ3) is 4.35. The molecule has 130 valence electrons. The van der Waals surface area contributed by atoms with Gasteiger partial charge in [-0.05, 0) is 18.4 Å². The van der Waals surface area contributed by atoms with E-state index in [9.17, 15) is 9.59 Å². The van der Waals surface area contributed by atoms with Crippen LogP contribution < -0.4 is 5.32 Å². The summed E-state index contributed by atoms with van der Waals surface area (Å²) < 4.78 is 0. The lowest BCUT2D eigenvalue weighted by molar-refractivity contribution is -0.141. The molecule has 5 heteroatoms. The summed E-state index contributed by atoms with van der Waals surface area (Å²) in [7, 11) is 0. The van der Waals surface area contributed by atoms with Crippen LogP contribution in [0.15, 0.2) is 30.3 Å². The Kier molecular flexibility index (Phi) is 5.86. The molecule has 2 saturated heterocycles. The zero-order chi connectivity index (χ0) is 16.8. The lowest BCUT2D eigenvalue weighted by Gasteiger charge is -2.34. The van der Waals surface area contributed by atoms with Crippen molar-refractivity contribution >= 4 is 11.8 Å². The molecule has 1 N–H and O–H groups in total. The van der Waals surface area contributed by atoms with E-state index in [4.69, 9.17) is 0 Å². The smallest absolute Gasteiger partial charge is 0.240 e. The number of amides is 2. The van der Waals surface area contributed by atoms with Crippen molar-refractivity contribution < 1.29 is 9.59 Å². The standard InChI is InChI=1S/C19H27N3O2/c23-18(21-11-6-1-2-7-12-21)14-17-19(24)22(13-10-20-17)15-16-8-4-3-5-9-16/h3-5,8-9,17,20H,1-2,6-7,10-15H2. The van der Waals surface area contributed by atoms with Gasteiger partial charge in [0.15, 0.2) is 0 Å². The molecule has 2 aliphatic heterocycles. The predicted octanol–water partition coefficient (Wildman–Crippen LogP) is 1.78. The monoisotopic (exact) mass is 329 g/mol. The highest BCUT2D eigenvalue weighted by Crippen LogP contribution is 2.14. The Morgan fingerprint density at radius 2 is 1.75 bits per heavy atom. The topological polar surface area (TPSA) is 52.7 Å². The average molecular weight is 329 g/mol. The van der Waals surface area contributed by atoms with Gasteiger partial charge >= 0.3 is 0 Å². The molecule has 0 spiro atoms. The summed E-state index contributed by atoms with van der Waals surface area (Å²) in [4.78, 5) is 29.1. The van der Waals surface area contributed by atoms with E-state index in [-0.39, 0.29) is 24.3 Å². The Morgan fingerprint density at radius 3 is 2.46 bits per heavy atom. The van der Waals surface area contributed by atoms with Crippen LogP contribution in [0.4, 0.5) is 0 Å². The minimum Gasteiger partial charge on any atom is -0.343 e. The summed E-state index contributed by atoms with van der Waals surface area (Å²) in [5.41, 5.74) is 1.13. The molecule has 1 aromatic rings. The van der Waals surface area contributed by atoms with E-state index in [1.165, 1.54) is 12.8 Å². The first kappa shape index (κ1) is 17.0. The molecule has 5 nitrogen and oxygen atoms in total. The van der Waals surface area contributed by atoms with Gasteiger partial charge in [-0.1, -0.05) is 43.2 Å². The summed E-state index contributed by atoms with van der Waals surface area (Å²) in [5, 5.41) is 3.23. The molecule has 0 saturated carbocycles. The molecular formula is C19H27N3O2. The summed E-state index contributed by atoms with van der Waals surface area (Å²) in [5.74, 6) is 0.164.